The van der Waals surface area contributed by atoms with Crippen molar-refractivity contribution in [3.63, 3.8) is 0 Å². The summed E-state index contributed by atoms with van der Waals surface area (Å²) in [5.41, 5.74) is 0. The summed E-state index contributed by atoms with van der Waals surface area (Å²) in [6.07, 6.45) is 2.14. The minimum absolute atomic E-state index is 0.352. The van der Waals surface area contributed by atoms with E-state index < -0.39 is 21.9 Å². The zero-order chi connectivity index (χ0) is 13.6. The molecule has 104 valence electrons. The monoisotopic (exact) mass is 276 g/mol. The Kier molecular flexibility index (Phi) is 3.80. The Morgan fingerprint density at radius 2 is 1.28 bits per heavy atom. The Balaban J connectivity index is 2.57. The summed E-state index contributed by atoms with van der Waals surface area (Å²) in [7, 11) is -4.07. The van der Waals surface area contributed by atoms with Crippen molar-refractivity contribution in [1.29, 1.82) is 0 Å². The third-order valence-corrected chi connectivity index (χ3v) is 6.16. The summed E-state index contributed by atoms with van der Waals surface area (Å²) in [5, 5.41) is 0. The Bertz CT molecular complexity index is 374. The maximum Gasteiger partial charge on any atom is 0.640 e. The molecule has 5 nitrogen and oxygen atoms in total. The average molecular weight is 276 g/mol. The van der Waals surface area contributed by atoms with Crippen molar-refractivity contribution in [3.05, 3.63) is 0 Å². The maximum atomic E-state index is 12.4. The van der Waals surface area contributed by atoms with Gasteiger partial charge in [0, 0.05) is 6.26 Å². The highest BCUT2D eigenvalue weighted by atomic mass is 32.2. The van der Waals surface area contributed by atoms with Gasteiger partial charge in [0.25, 0.3) is 0 Å². The second-order valence-electron chi connectivity index (χ2n) is 5.01. The van der Waals surface area contributed by atoms with E-state index in [1.165, 1.54) is 6.26 Å². The minimum atomic E-state index is -3.36. The van der Waals surface area contributed by atoms with Gasteiger partial charge in [-0.05, 0) is 19.3 Å². The molecule has 3 rings (SSSR count). The van der Waals surface area contributed by atoms with Crippen LogP contribution in [0.25, 0.3) is 0 Å². The third-order valence-electron chi connectivity index (χ3n) is 4.09. The van der Waals surface area contributed by atoms with Crippen LogP contribution in [0.5, 0.6) is 0 Å². The van der Waals surface area contributed by atoms with Crippen LogP contribution in [-0.4, -0.2) is 45.1 Å². The predicted molar refractivity (Wildman–Crippen MR) is 68.8 cm³/mol. The fourth-order valence-corrected chi connectivity index (χ4v) is 5.50. The number of hydrogen-bond acceptors (Lipinski definition) is 5. The van der Waals surface area contributed by atoms with Gasteiger partial charge >= 0.3 is 7.32 Å². The van der Waals surface area contributed by atoms with Crippen LogP contribution in [0.1, 0.15) is 40.0 Å². The molecular weight excluding hydrogens is 255 g/mol. The zero-order valence-corrected chi connectivity index (χ0v) is 12.2. The van der Waals surface area contributed by atoms with E-state index in [1.807, 2.05) is 20.8 Å². The van der Waals surface area contributed by atoms with Crippen LogP contribution in [0.15, 0.2) is 0 Å². The van der Waals surface area contributed by atoms with Gasteiger partial charge in [-0.1, -0.05) is 20.8 Å². The molecule has 0 saturated carbocycles. The average Bonchev–Trinajstić information content (AvgIpc) is 2.36. The number of hydrogen-bond donors (Lipinski definition) is 0. The lowest BCUT2D eigenvalue weighted by Crippen LogP contribution is -2.76. The molecule has 0 N–H and O–H groups in total. The van der Waals surface area contributed by atoms with E-state index in [9.17, 15) is 8.42 Å². The predicted octanol–water partition coefficient (Wildman–Crippen LogP) is 1.17. The molecule has 3 fully saturated rings. The van der Waals surface area contributed by atoms with Crippen molar-refractivity contribution in [2.24, 2.45) is 0 Å². The van der Waals surface area contributed by atoms with Crippen molar-refractivity contribution in [2.75, 3.05) is 6.26 Å². The summed E-state index contributed by atoms with van der Waals surface area (Å²) >= 11 is 0. The summed E-state index contributed by atoms with van der Waals surface area (Å²) < 4.78 is 40.6. The van der Waals surface area contributed by atoms with Gasteiger partial charge in [0.05, 0.1) is 18.3 Å². The number of sulfone groups is 1. The van der Waals surface area contributed by atoms with E-state index in [1.54, 1.807) is 0 Å². The molecule has 7 heteroatoms. The molecule has 0 aliphatic carbocycles. The van der Waals surface area contributed by atoms with Crippen molar-refractivity contribution in [2.45, 2.75) is 63.1 Å². The molecule has 0 radical (unpaired) electrons. The Morgan fingerprint density at radius 3 is 1.50 bits per heavy atom. The van der Waals surface area contributed by atoms with Crippen LogP contribution in [0.4, 0.5) is 0 Å². The quantitative estimate of drug-likeness (QED) is 0.721. The van der Waals surface area contributed by atoms with Crippen molar-refractivity contribution < 1.29 is 22.4 Å². The molecule has 3 heterocycles. The van der Waals surface area contributed by atoms with Crippen LogP contribution in [0.3, 0.4) is 0 Å². The van der Waals surface area contributed by atoms with Gasteiger partial charge in [-0.25, -0.2) is 8.42 Å². The van der Waals surface area contributed by atoms with Gasteiger partial charge in [-0.2, -0.15) is 0 Å². The minimum Gasteiger partial charge on any atom is -0.381 e. The molecule has 0 amide bonds. The molecule has 18 heavy (non-hydrogen) atoms. The Hall–Kier alpha value is -0.105. The second-order valence-corrected chi connectivity index (χ2v) is 7.26. The van der Waals surface area contributed by atoms with Crippen LogP contribution in [0, 0.1) is 0 Å². The van der Waals surface area contributed by atoms with E-state index in [2.05, 4.69) is 0 Å². The summed E-state index contributed by atoms with van der Waals surface area (Å²) in [6.45, 7) is 5.83. The van der Waals surface area contributed by atoms with Crippen LogP contribution >= 0.6 is 0 Å². The first-order valence-corrected chi connectivity index (χ1v) is 8.46. The van der Waals surface area contributed by atoms with Crippen LogP contribution < -0.4 is 0 Å². The van der Waals surface area contributed by atoms with E-state index in [0.29, 0.717) is 19.3 Å². The van der Waals surface area contributed by atoms with Crippen molar-refractivity contribution >= 4 is 17.2 Å². The second kappa shape index (κ2) is 4.78. The van der Waals surface area contributed by atoms with Crippen LogP contribution in [-0.2, 0) is 23.8 Å². The van der Waals surface area contributed by atoms with Crippen LogP contribution in [0.2, 0.25) is 0 Å². The molecule has 0 aromatic rings. The van der Waals surface area contributed by atoms with E-state index in [4.69, 9.17) is 14.0 Å². The molecule has 3 unspecified atom stereocenters. The Labute approximate surface area is 109 Å². The highest BCUT2D eigenvalue weighted by molar-refractivity contribution is 7.92. The third kappa shape index (κ3) is 1.75. The number of rotatable bonds is 4. The lowest BCUT2D eigenvalue weighted by molar-refractivity contribution is -0.159. The summed E-state index contributed by atoms with van der Waals surface area (Å²) in [4.78, 5) is 0. The summed E-state index contributed by atoms with van der Waals surface area (Å²) in [5.74, 6) is 0. The standard InChI is InChI=1S/C11H21BO5S/c1-5-8-11(18(4,13)14)9(6-2)16-12(15-8)17-10(11)7-3/h8-10H,5-7H2,1-4H3. The lowest BCUT2D eigenvalue weighted by atomic mass is 9.78. The molecule has 0 spiro atoms. The molecular formula is C11H21BO5S. The summed E-state index contributed by atoms with van der Waals surface area (Å²) in [6, 6.07) is 0. The lowest BCUT2D eigenvalue weighted by Gasteiger charge is -2.57. The smallest absolute Gasteiger partial charge is 0.381 e. The zero-order valence-electron chi connectivity index (χ0n) is 11.4. The topological polar surface area (TPSA) is 61.8 Å². The fraction of sp³-hybridized carbons (Fsp3) is 1.00. The van der Waals surface area contributed by atoms with Gasteiger partial charge in [0.2, 0.25) is 0 Å². The molecule has 3 aliphatic rings. The molecule has 2 bridgehead atoms. The van der Waals surface area contributed by atoms with Gasteiger partial charge in [0.1, 0.15) is 4.75 Å². The molecule has 0 aromatic carbocycles. The highest BCUT2D eigenvalue weighted by Crippen LogP contribution is 2.46. The van der Waals surface area contributed by atoms with E-state index >= 15 is 0 Å². The SMILES string of the molecule is CCC1OB2OC(CC)C1(S(C)(=O)=O)C(CC)O2. The first kappa shape index (κ1) is 14.3. The maximum absolute atomic E-state index is 12.4. The molecule has 3 saturated heterocycles. The van der Waals surface area contributed by atoms with Gasteiger partial charge in [-0.15, -0.1) is 0 Å². The van der Waals surface area contributed by atoms with E-state index in [0.717, 1.165) is 0 Å². The normalized spacial score (nSPS) is 40.2. The van der Waals surface area contributed by atoms with E-state index in [-0.39, 0.29) is 18.3 Å². The van der Waals surface area contributed by atoms with Crippen molar-refractivity contribution in [1.82, 2.24) is 0 Å². The van der Waals surface area contributed by atoms with Gasteiger partial charge < -0.3 is 14.0 Å². The molecule has 3 aliphatic heterocycles. The van der Waals surface area contributed by atoms with Crippen molar-refractivity contribution in [3.8, 4) is 0 Å². The molecule has 0 aromatic heterocycles. The Morgan fingerprint density at radius 1 is 0.944 bits per heavy atom. The first-order valence-electron chi connectivity index (χ1n) is 6.57. The molecule has 3 atom stereocenters. The highest BCUT2D eigenvalue weighted by Gasteiger charge is 2.68. The largest absolute Gasteiger partial charge is 0.640 e. The number of fused-ring (bicyclic) bond motifs is 3. The van der Waals surface area contributed by atoms with Gasteiger partial charge in [0.15, 0.2) is 9.84 Å². The van der Waals surface area contributed by atoms with Gasteiger partial charge in [-0.3, -0.25) is 0 Å². The fourth-order valence-electron chi connectivity index (χ4n) is 3.40. The first-order chi connectivity index (χ1) is 8.41.